The van der Waals surface area contributed by atoms with Gasteiger partial charge in [-0.15, -0.1) is 0 Å². The standard InChI is InChI=1S/C11H20N2O2/c1-8(2)9-12-6-7-13(9)10(14)15-11(3,4)5/h8H,6-7H2,1-5H3. The molecule has 4 nitrogen and oxygen atoms in total. The lowest BCUT2D eigenvalue weighted by Gasteiger charge is -2.26. The second kappa shape index (κ2) is 4.21. The molecule has 0 spiro atoms. The Morgan fingerprint density at radius 2 is 2.07 bits per heavy atom. The van der Waals surface area contributed by atoms with Crippen LogP contribution < -0.4 is 0 Å². The molecule has 1 heterocycles. The van der Waals surface area contributed by atoms with Crippen molar-refractivity contribution in [2.75, 3.05) is 13.1 Å². The number of nitrogens with zero attached hydrogens (tertiary/aromatic N) is 2. The van der Waals surface area contributed by atoms with Crippen molar-refractivity contribution < 1.29 is 9.53 Å². The summed E-state index contributed by atoms with van der Waals surface area (Å²) in [6, 6.07) is 0. The molecule has 0 N–H and O–H groups in total. The highest BCUT2D eigenvalue weighted by Gasteiger charge is 2.29. The van der Waals surface area contributed by atoms with Gasteiger partial charge in [0, 0.05) is 5.92 Å². The molecule has 0 fully saturated rings. The van der Waals surface area contributed by atoms with Crippen LogP contribution in [0.4, 0.5) is 4.79 Å². The number of amides is 1. The van der Waals surface area contributed by atoms with E-state index in [0.717, 1.165) is 5.84 Å². The van der Waals surface area contributed by atoms with E-state index in [0.29, 0.717) is 13.1 Å². The van der Waals surface area contributed by atoms with Crippen LogP contribution >= 0.6 is 0 Å². The molecule has 0 aromatic heterocycles. The second-order valence-electron chi connectivity index (χ2n) is 5.03. The van der Waals surface area contributed by atoms with Crippen molar-refractivity contribution in [3.63, 3.8) is 0 Å². The van der Waals surface area contributed by atoms with Crippen LogP contribution in [-0.2, 0) is 4.74 Å². The number of hydrogen-bond acceptors (Lipinski definition) is 3. The van der Waals surface area contributed by atoms with Gasteiger partial charge in [-0.25, -0.2) is 4.79 Å². The van der Waals surface area contributed by atoms with E-state index in [-0.39, 0.29) is 12.0 Å². The van der Waals surface area contributed by atoms with E-state index >= 15 is 0 Å². The minimum atomic E-state index is -0.443. The van der Waals surface area contributed by atoms with Crippen molar-refractivity contribution in [3.8, 4) is 0 Å². The van der Waals surface area contributed by atoms with Crippen LogP contribution in [0.2, 0.25) is 0 Å². The monoisotopic (exact) mass is 212 g/mol. The van der Waals surface area contributed by atoms with E-state index in [4.69, 9.17) is 4.74 Å². The molecule has 0 unspecified atom stereocenters. The van der Waals surface area contributed by atoms with Gasteiger partial charge in [-0.3, -0.25) is 9.89 Å². The number of hydrogen-bond donors (Lipinski definition) is 0. The van der Waals surface area contributed by atoms with Crippen molar-refractivity contribution in [3.05, 3.63) is 0 Å². The number of rotatable bonds is 1. The molecule has 0 atom stereocenters. The fraction of sp³-hybridized carbons (Fsp3) is 0.818. The SMILES string of the molecule is CC(C)C1=NCCN1C(=O)OC(C)(C)C. The zero-order valence-corrected chi connectivity index (χ0v) is 10.2. The molecule has 1 amide bonds. The third-order valence-electron chi connectivity index (χ3n) is 2.00. The predicted octanol–water partition coefficient (Wildman–Crippen LogP) is 2.29. The molecule has 1 aliphatic rings. The lowest BCUT2D eigenvalue weighted by Crippen LogP contribution is -2.40. The van der Waals surface area contributed by atoms with E-state index in [1.54, 1.807) is 4.90 Å². The first-order valence-corrected chi connectivity index (χ1v) is 5.36. The molecule has 1 aliphatic heterocycles. The molecule has 0 aromatic rings. The highest BCUT2D eigenvalue weighted by atomic mass is 16.6. The highest BCUT2D eigenvalue weighted by Crippen LogP contribution is 2.15. The third kappa shape index (κ3) is 3.22. The van der Waals surface area contributed by atoms with E-state index in [1.165, 1.54) is 0 Å². The summed E-state index contributed by atoms with van der Waals surface area (Å²) >= 11 is 0. The normalized spacial score (nSPS) is 16.9. The van der Waals surface area contributed by atoms with Crippen molar-refractivity contribution in [2.45, 2.75) is 40.2 Å². The maximum absolute atomic E-state index is 11.8. The van der Waals surface area contributed by atoms with Gasteiger partial charge in [-0.2, -0.15) is 0 Å². The van der Waals surface area contributed by atoms with Crippen molar-refractivity contribution in [1.29, 1.82) is 0 Å². The summed E-state index contributed by atoms with van der Waals surface area (Å²) in [5.74, 6) is 1.10. The largest absolute Gasteiger partial charge is 0.443 e. The van der Waals surface area contributed by atoms with E-state index < -0.39 is 5.60 Å². The van der Waals surface area contributed by atoms with Gasteiger partial charge in [0.15, 0.2) is 0 Å². The first-order valence-electron chi connectivity index (χ1n) is 5.36. The first-order chi connectivity index (χ1) is 6.81. The quantitative estimate of drug-likeness (QED) is 0.669. The fourth-order valence-electron chi connectivity index (χ4n) is 1.46. The van der Waals surface area contributed by atoms with E-state index in [1.807, 2.05) is 34.6 Å². The van der Waals surface area contributed by atoms with Gasteiger partial charge in [0.05, 0.1) is 13.1 Å². The van der Waals surface area contributed by atoms with Crippen LogP contribution in [-0.4, -0.2) is 35.5 Å². The predicted molar refractivity (Wildman–Crippen MR) is 60.1 cm³/mol. The molecule has 0 saturated heterocycles. The molecule has 0 aliphatic carbocycles. The van der Waals surface area contributed by atoms with Crippen LogP contribution in [0.25, 0.3) is 0 Å². The molecule has 0 aromatic carbocycles. The zero-order valence-electron chi connectivity index (χ0n) is 10.2. The number of amidine groups is 1. The molecule has 1 rings (SSSR count). The van der Waals surface area contributed by atoms with Crippen LogP contribution in [0.5, 0.6) is 0 Å². The molecule has 4 heteroatoms. The lowest BCUT2D eigenvalue weighted by molar-refractivity contribution is 0.0378. The minimum absolute atomic E-state index is 0.264. The Kier molecular flexibility index (Phi) is 3.37. The number of ether oxygens (including phenoxy) is 1. The molecule has 15 heavy (non-hydrogen) atoms. The smallest absolute Gasteiger partial charge is 0.415 e. The number of carbonyl (C=O) groups excluding carboxylic acids is 1. The summed E-state index contributed by atoms with van der Waals surface area (Å²) in [5, 5.41) is 0. The van der Waals surface area contributed by atoms with Crippen LogP contribution in [0.3, 0.4) is 0 Å². The lowest BCUT2D eigenvalue weighted by atomic mass is 10.2. The topological polar surface area (TPSA) is 41.9 Å². The van der Waals surface area contributed by atoms with E-state index in [2.05, 4.69) is 4.99 Å². The Hall–Kier alpha value is -1.06. The Bertz CT molecular complexity index is 277. The second-order valence-corrected chi connectivity index (χ2v) is 5.03. The molecule has 0 radical (unpaired) electrons. The third-order valence-corrected chi connectivity index (χ3v) is 2.00. The summed E-state index contributed by atoms with van der Waals surface area (Å²) in [6.45, 7) is 11.0. The van der Waals surface area contributed by atoms with E-state index in [9.17, 15) is 4.79 Å². The number of aliphatic imine (C=N–C) groups is 1. The summed E-state index contributed by atoms with van der Waals surface area (Å²) in [5.41, 5.74) is -0.443. The summed E-state index contributed by atoms with van der Waals surface area (Å²) in [6.07, 6.45) is -0.285. The Morgan fingerprint density at radius 3 is 2.53 bits per heavy atom. The van der Waals surface area contributed by atoms with Gasteiger partial charge >= 0.3 is 6.09 Å². The summed E-state index contributed by atoms with van der Waals surface area (Å²) in [7, 11) is 0. The summed E-state index contributed by atoms with van der Waals surface area (Å²) < 4.78 is 5.31. The van der Waals surface area contributed by atoms with Crippen LogP contribution in [0.15, 0.2) is 4.99 Å². The average Bonchev–Trinajstić information content (AvgIpc) is 2.47. The Balaban J connectivity index is 2.65. The Morgan fingerprint density at radius 1 is 1.47 bits per heavy atom. The van der Waals surface area contributed by atoms with Gasteiger partial charge in [0.25, 0.3) is 0 Å². The average molecular weight is 212 g/mol. The molecular formula is C11H20N2O2. The molecule has 86 valence electrons. The van der Waals surface area contributed by atoms with Gasteiger partial charge in [-0.05, 0) is 20.8 Å². The summed E-state index contributed by atoms with van der Waals surface area (Å²) in [4.78, 5) is 17.7. The van der Waals surface area contributed by atoms with Gasteiger partial charge in [0.1, 0.15) is 11.4 Å². The fourth-order valence-corrected chi connectivity index (χ4v) is 1.46. The van der Waals surface area contributed by atoms with Crippen LogP contribution in [0, 0.1) is 5.92 Å². The van der Waals surface area contributed by atoms with Crippen LogP contribution in [0.1, 0.15) is 34.6 Å². The van der Waals surface area contributed by atoms with Crippen molar-refractivity contribution >= 4 is 11.9 Å². The first kappa shape index (κ1) is 12.0. The van der Waals surface area contributed by atoms with Gasteiger partial charge < -0.3 is 4.74 Å². The maximum atomic E-state index is 11.8. The zero-order chi connectivity index (χ0) is 11.6. The minimum Gasteiger partial charge on any atom is -0.443 e. The number of carbonyl (C=O) groups is 1. The van der Waals surface area contributed by atoms with Gasteiger partial charge in [0.2, 0.25) is 0 Å². The van der Waals surface area contributed by atoms with Gasteiger partial charge in [-0.1, -0.05) is 13.8 Å². The Labute approximate surface area is 91.3 Å². The maximum Gasteiger partial charge on any atom is 0.415 e. The molecular weight excluding hydrogens is 192 g/mol. The van der Waals surface area contributed by atoms with Crippen molar-refractivity contribution in [1.82, 2.24) is 4.90 Å². The highest BCUT2D eigenvalue weighted by molar-refractivity contribution is 5.97. The molecule has 0 saturated carbocycles. The van der Waals surface area contributed by atoms with Crippen molar-refractivity contribution in [2.24, 2.45) is 10.9 Å². The molecule has 0 bridgehead atoms.